The molecule has 2 rings (SSSR count). The third-order valence-corrected chi connectivity index (χ3v) is 2.73. The van der Waals surface area contributed by atoms with Crippen LogP contribution in [0.15, 0.2) is 0 Å². The van der Waals surface area contributed by atoms with Gasteiger partial charge in [0.2, 0.25) is 0 Å². The van der Waals surface area contributed by atoms with E-state index in [1.165, 1.54) is 19.3 Å². The third-order valence-electron chi connectivity index (χ3n) is 2.73. The molecule has 3 atom stereocenters. The molecule has 0 aromatic rings. The molecule has 2 aliphatic carbocycles. The Morgan fingerprint density at radius 1 is 1.38 bits per heavy atom. The van der Waals surface area contributed by atoms with Gasteiger partial charge < -0.3 is 5.11 Å². The van der Waals surface area contributed by atoms with Gasteiger partial charge in [-0.15, -0.1) is 0 Å². The van der Waals surface area contributed by atoms with Gasteiger partial charge in [0.15, 0.2) is 0 Å². The van der Waals surface area contributed by atoms with Gasteiger partial charge in [-0.3, -0.25) is 0 Å². The number of fused-ring (bicyclic) bond motifs is 1. The van der Waals surface area contributed by atoms with E-state index in [4.69, 9.17) is 5.11 Å². The van der Waals surface area contributed by atoms with Gasteiger partial charge in [-0.1, -0.05) is 0 Å². The Labute approximate surface area is 49.7 Å². The largest absolute Gasteiger partial charge is 0.396 e. The van der Waals surface area contributed by atoms with Crippen molar-refractivity contribution in [2.75, 3.05) is 6.61 Å². The Morgan fingerprint density at radius 2 is 2.25 bits per heavy atom. The van der Waals surface area contributed by atoms with E-state index in [1.54, 1.807) is 0 Å². The van der Waals surface area contributed by atoms with E-state index < -0.39 is 0 Å². The Balaban J connectivity index is 1.97. The lowest BCUT2D eigenvalue weighted by Gasteiger charge is -2.03. The molecule has 0 aliphatic heterocycles. The molecule has 0 amide bonds. The van der Waals surface area contributed by atoms with E-state index in [0.29, 0.717) is 12.5 Å². The Hall–Kier alpha value is -0.0400. The maximum Gasteiger partial charge on any atom is 0.0462 e. The van der Waals surface area contributed by atoms with Crippen LogP contribution in [0.3, 0.4) is 0 Å². The first-order valence-electron chi connectivity index (χ1n) is 3.52. The first kappa shape index (κ1) is 4.80. The number of aliphatic hydroxyl groups is 1. The maximum absolute atomic E-state index is 8.76. The smallest absolute Gasteiger partial charge is 0.0462 e. The highest BCUT2D eigenvalue weighted by Crippen LogP contribution is 2.54. The second-order valence-corrected chi connectivity index (χ2v) is 3.18. The van der Waals surface area contributed by atoms with Gasteiger partial charge in [-0.05, 0) is 37.0 Å². The summed E-state index contributed by atoms with van der Waals surface area (Å²) in [5.41, 5.74) is 0. The topological polar surface area (TPSA) is 20.2 Å². The standard InChI is InChI=1S/C7H12O/c8-4-6-2-1-5-3-7(5)6/h5-8H,1-4H2/t5-,6+,7+/m1/s1. The fraction of sp³-hybridized carbons (Fsp3) is 1.00. The summed E-state index contributed by atoms with van der Waals surface area (Å²) in [5, 5.41) is 8.76. The SMILES string of the molecule is OC[C@@H]1CC[C@@H]2C[C@H]12. The van der Waals surface area contributed by atoms with Crippen LogP contribution in [-0.4, -0.2) is 11.7 Å². The molecule has 1 heteroatoms. The van der Waals surface area contributed by atoms with Gasteiger partial charge >= 0.3 is 0 Å². The van der Waals surface area contributed by atoms with Gasteiger partial charge in [0.1, 0.15) is 0 Å². The van der Waals surface area contributed by atoms with E-state index >= 15 is 0 Å². The lowest BCUT2D eigenvalue weighted by molar-refractivity contribution is 0.215. The van der Waals surface area contributed by atoms with E-state index in [2.05, 4.69) is 0 Å². The zero-order chi connectivity index (χ0) is 5.56. The summed E-state index contributed by atoms with van der Waals surface area (Å²) in [4.78, 5) is 0. The number of aliphatic hydroxyl groups excluding tert-OH is 1. The predicted octanol–water partition coefficient (Wildman–Crippen LogP) is 1.02. The molecule has 0 radical (unpaired) electrons. The second kappa shape index (κ2) is 1.47. The van der Waals surface area contributed by atoms with Crippen molar-refractivity contribution in [3.05, 3.63) is 0 Å². The molecule has 0 aromatic carbocycles. The monoisotopic (exact) mass is 112 g/mol. The van der Waals surface area contributed by atoms with Crippen molar-refractivity contribution < 1.29 is 5.11 Å². The molecular weight excluding hydrogens is 100 g/mol. The van der Waals surface area contributed by atoms with Crippen molar-refractivity contribution in [1.82, 2.24) is 0 Å². The van der Waals surface area contributed by atoms with Gasteiger partial charge in [-0.25, -0.2) is 0 Å². The number of rotatable bonds is 1. The van der Waals surface area contributed by atoms with Crippen LogP contribution in [0.5, 0.6) is 0 Å². The summed E-state index contributed by atoms with van der Waals surface area (Å²) >= 11 is 0. The molecule has 1 nitrogen and oxygen atoms in total. The summed E-state index contributed by atoms with van der Waals surface area (Å²) in [6.45, 7) is 0.446. The summed E-state index contributed by atoms with van der Waals surface area (Å²) < 4.78 is 0. The highest BCUT2D eigenvalue weighted by atomic mass is 16.3. The molecule has 0 aromatic heterocycles. The fourth-order valence-electron chi connectivity index (χ4n) is 2.05. The van der Waals surface area contributed by atoms with Gasteiger partial charge in [0.25, 0.3) is 0 Å². The van der Waals surface area contributed by atoms with E-state index in [1.807, 2.05) is 0 Å². The molecule has 2 aliphatic rings. The van der Waals surface area contributed by atoms with Crippen molar-refractivity contribution in [3.63, 3.8) is 0 Å². The number of hydrogen-bond donors (Lipinski definition) is 1. The average molecular weight is 112 g/mol. The molecule has 0 heterocycles. The molecule has 0 bridgehead atoms. The minimum atomic E-state index is 0.446. The quantitative estimate of drug-likeness (QED) is 0.537. The lowest BCUT2D eigenvalue weighted by atomic mass is 10.1. The van der Waals surface area contributed by atoms with Crippen molar-refractivity contribution in [1.29, 1.82) is 0 Å². The van der Waals surface area contributed by atoms with E-state index in [-0.39, 0.29) is 0 Å². The van der Waals surface area contributed by atoms with Crippen LogP contribution in [0.4, 0.5) is 0 Å². The van der Waals surface area contributed by atoms with Crippen LogP contribution in [-0.2, 0) is 0 Å². The summed E-state index contributed by atoms with van der Waals surface area (Å²) in [7, 11) is 0. The van der Waals surface area contributed by atoms with Gasteiger partial charge in [0.05, 0.1) is 0 Å². The van der Waals surface area contributed by atoms with Crippen LogP contribution in [0, 0.1) is 17.8 Å². The maximum atomic E-state index is 8.76. The normalized spacial score (nSPS) is 51.4. The molecule has 8 heavy (non-hydrogen) atoms. The van der Waals surface area contributed by atoms with Crippen molar-refractivity contribution >= 4 is 0 Å². The molecular formula is C7H12O. The molecule has 1 N–H and O–H groups in total. The van der Waals surface area contributed by atoms with E-state index in [9.17, 15) is 0 Å². The van der Waals surface area contributed by atoms with Gasteiger partial charge in [0, 0.05) is 6.61 Å². The zero-order valence-electron chi connectivity index (χ0n) is 5.01. The molecule has 2 saturated carbocycles. The lowest BCUT2D eigenvalue weighted by Crippen LogP contribution is -2.03. The first-order chi connectivity index (χ1) is 3.92. The predicted molar refractivity (Wildman–Crippen MR) is 31.4 cm³/mol. The Kier molecular flexibility index (Phi) is 0.884. The second-order valence-electron chi connectivity index (χ2n) is 3.18. The van der Waals surface area contributed by atoms with Crippen molar-refractivity contribution in [2.24, 2.45) is 17.8 Å². The molecule has 2 fully saturated rings. The van der Waals surface area contributed by atoms with Crippen molar-refractivity contribution in [2.45, 2.75) is 19.3 Å². The van der Waals surface area contributed by atoms with Crippen LogP contribution >= 0.6 is 0 Å². The summed E-state index contributed by atoms with van der Waals surface area (Å²) in [6, 6.07) is 0. The average Bonchev–Trinajstić information content (AvgIpc) is 2.46. The summed E-state index contributed by atoms with van der Waals surface area (Å²) in [6.07, 6.45) is 4.12. The van der Waals surface area contributed by atoms with Crippen LogP contribution in [0.2, 0.25) is 0 Å². The van der Waals surface area contributed by atoms with Crippen molar-refractivity contribution in [3.8, 4) is 0 Å². The first-order valence-corrected chi connectivity index (χ1v) is 3.52. The highest BCUT2D eigenvalue weighted by molar-refractivity contribution is 4.96. The molecule has 0 saturated heterocycles. The molecule has 0 unspecified atom stereocenters. The van der Waals surface area contributed by atoms with Crippen LogP contribution < -0.4 is 0 Å². The Morgan fingerprint density at radius 3 is 2.50 bits per heavy atom. The minimum absolute atomic E-state index is 0.446. The number of hydrogen-bond acceptors (Lipinski definition) is 1. The van der Waals surface area contributed by atoms with E-state index in [0.717, 1.165) is 11.8 Å². The third kappa shape index (κ3) is 0.510. The summed E-state index contributed by atoms with van der Waals surface area (Å²) in [5.74, 6) is 2.67. The van der Waals surface area contributed by atoms with Crippen LogP contribution in [0.25, 0.3) is 0 Å². The van der Waals surface area contributed by atoms with Gasteiger partial charge in [-0.2, -0.15) is 0 Å². The Bertz CT molecular complexity index is 101. The molecule has 46 valence electrons. The molecule has 0 spiro atoms. The fourth-order valence-corrected chi connectivity index (χ4v) is 2.05. The zero-order valence-corrected chi connectivity index (χ0v) is 5.01. The minimum Gasteiger partial charge on any atom is -0.396 e. The highest BCUT2D eigenvalue weighted by Gasteiger charge is 2.47. The van der Waals surface area contributed by atoms with Crippen LogP contribution in [0.1, 0.15) is 19.3 Å².